The van der Waals surface area contributed by atoms with Crippen molar-refractivity contribution in [2.45, 2.75) is 13.5 Å². The number of hydrogen-bond donors (Lipinski definition) is 0. The summed E-state index contributed by atoms with van der Waals surface area (Å²) in [6.07, 6.45) is 5.32. The summed E-state index contributed by atoms with van der Waals surface area (Å²) >= 11 is 0. The normalized spacial score (nSPS) is 14.9. The lowest BCUT2D eigenvalue weighted by Crippen LogP contribution is -2.47. The highest BCUT2D eigenvalue weighted by Crippen LogP contribution is 2.37. The van der Waals surface area contributed by atoms with Crippen molar-refractivity contribution in [3.8, 4) is 16.9 Å². The molecule has 178 valence electrons. The van der Waals surface area contributed by atoms with Crippen LogP contribution in [0.2, 0.25) is 0 Å². The van der Waals surface area contributed by atoms with E-state index < -0.39 is 0 Å². The molecule has 0 saturated carbocycles. The van der Waals surface area contributed by atoms with Gasteiger partial charge in [-0.15, -0.1) is 0 Å². The molecule has 1 amide bonds. The van der Waals surface area contributed by atoms with Gasteiger partial charge in [0.25, 0.3) is 0 Å². The van der Waals surface area contributed by atoms with E-state index in [1.807, 2.05) is 60.5 Å². The second-order valence-electron chi connectivity index (χ2n) is 8.81. The Hall–Kier alpha value is -3.90. The van der Waals surface area contributed by atoms with Gasteiger partial charge in [-0.2, -0.15) is 0 Å². The number of ether oxygens (including phenoxy) is 1. The van der Waals surface area contributed by atoms with Gasteiger partial charge in [0.15, 0.2) is 0 Å². The van der Waals surface area contributed by atoms with Gasteiger partial charge in [-0.3, -0.25) is 14.7 Å². The molecule has 4 aromatic rings. The maximum atomic E-state index is 13.1. The van der Waals surface area contributed by atoms with Gasteiger partial charge in [0.05, 0.1) is 19.1 Å². The van der Waals surface area contributed by atoms with Gasteiger partial charge in [-0.25, -0.2) is 0 Å². The zero-order valence-corrected chi connectivity index (χ0v) is 20.1. The van der Waals surface area contributed by atoms with E-state index in [0.717, 1.165) is 58.6 Å². The second kappa shape index (κ2) is 10.2. The van der Waals surface area contributed by atoms with Crippen LogP contribution < -0.4 is 4.74 Å². The zero-order valence-electron chi connectivity index (χ0n) is 20.1. The molecular formula is C29H29N3O3. The molecule has 6 heteroatoms. The highest BCUT2D eigenvalue weighted by atomic mass is 16.5. The van der Waals surface area contributed by atoms with Crippen molar-refractivity contribution < 1.29 is 13.9 Å². The van der Waals surface area contributed by atoms with Crippen molar-refractivity contribution in [3.63, 3.8) is 0 Å². The summed E-state index contributed by atoms with van der Waals surface area (Å²) in [6.45, 7) is 5.83. The van der Waals surface area contributed by atoms with E-state index in [1.54, 1.807) is 19.4 Å². The number of furan rings is 1. The van der Waals surface area contributed by atoms with Gasteiger partial charge >= 0.3 is 0 Å². The van der Waals surface area contributed by atoms with Gasteiger partial charge < -0.3 is 14.1 Å². The number of amides is 1. The highest BCUT2D eigenvalue weighted by molar-refractivity contribution is 6.00. The molecule has 0 bridgehead atoms. The number of carbonyl (C=O) groups is 1. The molecule has 0 unspecified atom stereocenters. The predicted molar refractivity (Wildman–Crippen MR) is 138 cm³/mol. The van der Waals surface area contributed by atoms with Crippen LogP contribution in [-0.2, 0) is 11.3 Å². The number of carbonyl (C=O) groups excluding carboxylic acids is 1. The number of nitrogens with zero attached hydrogens (tertiary/aromatic N) is 3. The van der Waals surface area contributed by atoms with Crippen LogP contribution in [0.3, 0.4) is 0 Å². The molecule has 1 fully saturated rings. The van der Waals surface area contributed by atoms with Crippen LogP contribution in [0.5, 0.6) is 5.75 Å². The molecule has 2 aromatic heterocycles. The van der Waals surface area contributed by atoms with Crippen molar-refractivity contribution in [2.24, 2.45) is 0 Å². The third kappa shape index (κ3) is 4.98. The summed E-state index contributed by atoms with van der Waals surface area (Å²) in [5, 5.41) is 0.996. The summed E-state index contributed by atoms with van der Waals surface area (Å²) in [5.41, 5.74) is 5.68. The maximum absolute atomic E-state index is 13.1. The molecule has 0 N–H and O–H groups in total. The molecule has 0 aliphatic carbocycles. The first-order valence-corrected chi connectivity index (χ1v) is 11.9. The van der Waals surface area contributed by atoms with Crippen molar-refractivity contribution in [1.82, 2.24) is 14.8 Å². The maximum Gasteiger partial charge on any atom is 0.246 e. The number of aromatic nitrogens is 1. The lowest BCUT2D eigenvalue weighted by molar-refractivity contribution is -0.127. The second-order valence-corrected chi connectivity index (χ2v) is 8.81. The average Bonchev–Trinajstić information content (AvgIpc) is 3.32. The number of hydrogen-bond acceptors (Lipinski definition) is 5. The SMILES string of the molecule is COc1cc2occ(-c3ccccc3)c2cc1/C(C)=C/C(=O)N1CCN(Cc2ccccn2)CC1. The highest BCUT2D eigenvalue weighted by Gasteiger charge is 2.21. The van der Waals surface area contributed by atoms with Crippen molar-refractivity contribution >= 4 is 22.4 Å². The van der Waals surface area contributed by atoms with Gasteiger partial charge in [0.2, 0.25) is 5.91 Å². The summed E-state index contributed by atoms with van der Waals surface area (Å²) in [6, 6.07) is 20.1. The Bertz CT molecular complexity index is 1340. The van der Waals surface area contributed by atoms with E-state index in [1.165, 1.54) is 0 Å². The molecule has 0 radical (unpaired) electrons. The van der Waals surface area contributed by atoms with E-state index in [9.17, 15) is 4.79 Å². The number of piperazine rings is 1. The molecule has 3 heterocycles. The summed E-state index contributed by atoms with van der Waals surface area (Å²) in [4.78, 5) is 21.8. The minimum absolute atomic E-state index is 0.0256. The fourth-order valence-corrected chi connectivity index (χ4v) is 4.57. The molecule has 1 saturated heterocycles. The van der Waals surface area contributed by atoms with Crippen LogP contribution in [0.15, 0.2) is 83.6 Å². The van der Waals surface area contributed by atoms with Crippen molar-refractivity contribution in [2.75, 3.05) is 33.3 Å². The standard InChI is InChI=1S/C29H29N3O3/c1-21(16-29(33)32-14-12-31(13-15-32)19-23-10-6-7-11-30-23)24-17-25-26(22-8-4-3-5-9-22)20-35-28(25)18-27(24)34-2/h3-11,16-18,20H,12-15,19H2,1-2H3/b21-16+. The first-order chi connectivity index (χ1) is 17.1. The van der Waals surface area contributed by atoms with Crippen LogP contribution >= 0.6 is 0 Å². The number of benzene rings is 2. The Morgan fingerprint density at radius 2 is 1.83 bits per heavy atom. The molecule has 5 rings (SSSR count). The Morgan fingerprint density at radius 1 is 1.06 bits per heavy atom. The zero-order chi connectivity index (χ0) is 24.2. The molecule has 35 heavy (non-hydrogen) atoms. The van der Waals surface area contributed by atoms with Gasteiger partial charge in [0, 0.05) is 67.6 Å². The Morgan fingerprint density at radius 3 is 2.54 bits per heavy atom. The van der Waals surface area contributed by atoms with Crippen LogP contribution in [0.25, 0.3) is 27.7 Å². The fraction of sp³-hybridized carbons (Fsp3) is 0.241. The van der Waals surface area contributed by atoms with E-state index >= 15 is 0 Å². The van der Waals surface area contributed by atoms with E-state index in [4.69, 9.17) is 9.15 Å². The lowest BCUT2D eigenvalue weighted by atomic mass is 9.99. The van der Waals surface area contributed by atoms with E-state index in [2.05, 4.69) is 28.1 Å². The molecule has 0 spiro atoms. The number of fused-ring (bicyclic) bond motifs is 1. The summed E-state index contributed by atoms with van der Waals surface area (Å²) in [5.74, 6) is 0.714. The van der Waals surface area contributed by atoms with Crippen molar-refractivity contribution in [1.29, 1.82) is 0 Å². The first-order valence-electron chi connectivity index (χ1n) is 11.9. The smallest absolute Gasteiger partial charge is 0.246 e. The first kappa shape index (κ1) is 22.9. The number of allylic oxidation sites excluding steroid dienone is 1. The third-order valence-electron chi connectivity index (χ3n) is 6.54. The van der Waals surface area contributed by atoms with Gasteiger partial charge in [0.1, 0.15) is 11.3 Å². The summed E-state index contributed by atoms with van der Waals surface area (Å²) < 4.78 is 11.5. The Balaban J connectivity index is 1.33. The van der Waals surface area contributed by atoms with Crippen LogP contribution in [0.1, 0.15) is 18.2 Å². The van der Waals surface area contributed by atoms with E-state index in [0.29, 0.717) is 18.8 Å². The topological polar surface area (TPSA) is 58.8 Å². The molecule has 1 aliphatic rings. The molecular weight excluding hydrogens is 438 g/mol. The average molecular weight is 468 g/mol. The number of methoxy groups -OCH3 is 1. The molecule has 1 aliphatic heterocycles. The number of rotatable bonds is 6. The fourth-order valence-electron chi connectivity index (χ4n) is 4.57. The van der Waals surface area contributed by atoms with Crippen LogP contribution in [-0.4, -0.2) is 54.0 Å². The quantitative estimate of drug-likeness (QED) is 0.363. The molecule has 0 atom stereocenters. The number of pyridine rings is 1. The monoisotopic (exact) mass is 467 g/mol. The molecule has 6 nitrogen and oxygen atoms in total. The van der Waals surface area contributed by atoms with Gasteiger partial charge in [-0.05, 0) is 36.3 Å². The van der Waals surface area contributed by atoms with Crippen LogP contribution in [0, 0.1) is 0 Å². The Labute approximate surface area is 205 Å². The predicted octanol–water partition coefficient (Wildman–Crippen LogP) is 5.25. The largest absolute Gasteiger partial charge is 0.496 e. The van der Waals surface area contributed by atoms with Crippen molar-refractivity contribution in [3.05, 3.63) is 90.5 Å². The third-order valence-corrected chi connectivity index (χ3v) is 6.54. The summed E-state index contributed by atoms with van der Waals surface area (Å²) in [7, 11) is 1.64. The van der Waals surface area contributed by atoms with Gasteiger partial charge in [-0.1, -0.05) is 36.4 Å². The minimum atomic E-state index is 0.0256. The lowest BCUT2D eigenvalue weighted by Gasteiger charge is -2.34. The molecule has 2 aromatic carbocycles. The Kier molecular flexibility index (Phi) is 6.64. The van der Waals surface area contributed by atoms with Crippen LogP contribution in [0.4, 0.5) is 0 Å². The minimum Gasteiger partial charge on any atom is -0.496 e. The van der Waals surface area contributed by atoms with E-state index in [-0.39, 0.29) is 5.91 Å².